The monoisotopic (exact) mass is 155 g/mol. The first-order valence-electron chi connectivity index (χ1n) is 3.95. The quantitative estimate of drug-likeness (QED) is 0.493. The van der Waals surface area contributed by atoms with Crippen LogP contribution in [-0.2, 0) is 4.79 Å². The Balaban J connectivity index is 2.62. The third kappa shape index (κ3) is 1.93. The summed E-state index contributed by atoms with van der Waals surface area (Å²) in [5, 5.41) is 4.03. The van der Waals surface area contributed by atoms with Gasteiger partial charge in [-0.05, 0) is 20.8 Å². The average Bonchev–Trinajstić information content (AvgIpc) is 1.86. The Morgan fingerprint density at radius 1 is 1.45 bits per heavy atom. The van der Waals surface area contributed by atoms with Gasteiger partial charge in [-0.2, -0.15) is 0 Å². The van der Waals surface area contributed by atoms with Crippen molar-refractivity contribution in [2.75, 3.05) is 19.6 Å². The van der Waals surface area contributed by atoms with Crippen LogP contribution in [0.3, 0.4) is 0 Å². The summed E-state index contributed by atoms with van der Waals surface area (Å²) >= 11 is 0. The van der Waals surface area contributed by atoms with Crippen LogP contribution in [0.1, 0.15) is 20.8 Å². The molecular weight excluding hydrogens is 140 g/mol. The molecule has 3 nitrogen and oxygen atoms in total. The fourth-order valence-corrected chi connectivity index (χ4v) is 1.26. The van der Waals surface area contributed by atoms with Gasteiger partial charge in [-0.1, -0.05) is 0 Å². The van der Waals surface area contributed by atoms with Gasteiger partial charge in [-0.25, -0.2) is 5.32 Å². The number of piperazine rings is 1. The van der Waals surface area contributed by atoms with Gasteiger partial charge in [-0.15, -0.1) is 0 Å². The molecule has 1 rings (SSSR count). The van der Waals surface area contributed by atoms with E-state index in [-0.39, 0.29) is 11.4 Å². The van der Waals surface area contributed by atoms with Gasteiger partial charge in [-0.3, -0.25) is 4.79 Å². The lowest BCUT2D eigenvalue weighted by molar-refractivity contribution is -0.136. The summed E-state index contributed by atoms with van der Waals surface area (Å²) in [6.45, 7) is 8.10. The van der Waals surface area contributed by atoms with Crippen LogP contribution in [0.5, 0.6) is 0 Å². The van der Waals surface area contributed by atoms with E-state index >= 15 is 0 Å². The molecule has 0 saturated carbocycles. The number of carbonyl (C=O) groups excluding carboxylic acids is 1. The molecule has 0 bridgehead atoms. The molecule has 0 unspecified atom stereocenters. The highest BCUT2D eigenvalue weighted by atomic mass is 16.2. The first-order chi connectivity index (χ1) is 5.02. The zero-order valence-electron chi connectivity index (χ0n) is 7.42. The predicted octanol–water partition coefficient (Wildman–Crippen LogP) is 0.232. The van der Waals surface area contributed by atoms with Crippen molar-refractivity contribution < 1.29 is 4.79 Å². The molecule has 0 N–H and O–H groups in total. The van der Waals surface area contributed by atoms with Gasteiger partial charge < -0.3 is 4.90 Å². The van der Waals surface area contributed by atoms with E-state index in [9.17, 15) is 4.79 Å². The highest BCUT2D eigenvalue weighted by Crippen LogP contribution is 2.14. The molecule has 0 aliphatic carbocycles. The smallest absolute Gasteiger partial charge is 0.238 e. The van der Waals surface area contributed by atoms with Crippen molar-refractivity contribution >= 4 is 5.91 Å². The van der Waals surface area contributed by atoms with Crippen LogP contribution in [0.2, 0.25) is 0 Å². The second-order valence-corrected chi connectivity index (χ2v) is 3.82. The maximum atomic E-state index is 11.3. The summed E-state index contributed by atoms with van der Waals surface area (Å²) < 4.78 is 0. The number of hydrogen-bond donors (Lipinski definition) is 0. The van der Waals surface area contributed by atoms with Gasteiger partial charge in [0, 0.05) is 18.6 Å². The van der Waals surface area contributed by atoms with Crippen LogP contribution in [0.25, 0.3) is 0 Å². The van der Waals surface area contributed by atoms with Crippen LogP contribution >= 0.6 is 0 Å². The molecule has 1 heterocycles. The molecule has 1 fully saturated rings. The molecule has 63 valence electrons. The van der Waals surface area contributed by atoms with E-state index in [0.717, 1.165) is 13.1 Å². The van der Waals surface area contributed by atoms with Gasteiger partial charge in [0.05, 0.1) is 6.54 Å². The summed E-state index contributed by atoms with van der Waals surface area (Å²) in [6, 6.07) is 0. The average molecular weight is 155 g/mol. The van der Waals surface area contributed by atoms with Crippen LogP contribution in [0.15, 0.2) is 0 Å². The van der Waals surface area contributed by atoms with Gasteiger partial charge >= 0.3 is 0 Å². The highest BCUT2D eigenvalue weighted by molar-refractivity contribution is 5.79. The molecule has 3 heteroatoms. The lowest BCUT2D eigenvalue weighted by Gasteiger charge is -2.38. The second kappa shape index (κ2) is 2.81. The lowest BCUT2D eigenvalue weighted by Crippen LogP contribution is -2.53. The Hall–Kier alpha value is -0.570. The zero-order valence-corrected chi connectivity index (χ0v) is 7.42. The second-order valence-electron chi connectivity index (χ2n) is 3.82. The fraction of sp³-hybridized carbons (Fsp3) is 0.875. The fourth-order valence-electron chi connectivity index (χ4n) is 1.26. The zero-order chi connectivity index (χ0) is 8.48. The SMILES string of the molecule is CC(C)(C)N1CC[N]CC1=O. The Kier molecular flexibility index (Phi) is 2.18. The van der Waals surface area contributed by atoms with E-state index in [1.165, 1.54) is 0 Å². The molecule has 1 amide bonds. The van der Waals surface area contributed by atoms with Crippen LogP contribution in [0.4, 0.5) is 0 Å². The van der Waals surface area contributed by atoms with Crippen LogP contribution in [-0.4, -0.2) is 36.0 Å². The largest absolute Gasteiger partial charge is 0.335 e. The summed E-state index contributed by atoms with van der Waals surface area (Å²) in [5.41, 5.74) is -0.0347. The molecule has 11 heavy (non-hydrogen) atoms. The number of carbonyl (C=O) groups is 1. The molecule has 1 aliphatic heterocycles. The molecule has 0 aromatic carbocycles. The topological polar surface area (TPSA) is 34.4 Å². The van der Waals surface area contributed by atoms with E-state index in [1.54, 1.807) is 0 Å². The van der Waals surface area contributed by atoms with E-state index in [0.29, 0.717) is 6.54 Å². The molecule has 0 aromatic heterocycles. The van der Waals surface area contributed by atoms with Crippen molar-refractivity contribution in [2.24, 2.45) is 0 Å². The van der Waals surface area contributed by atoms with Gasteiger partial charge in [0.25, 0.3) is 0 Å². The van der Waals surface area contributed by atoms with Crippen LogP contribution < -0.4 is 5.32 Å². The Bertz CT molecular complexity index is 160. The van der Waals surface area contributed by atoms with Gasteiger partial charge in [0.2, 0.25) is 5.91 Å². The molecule has 1 saturated heterocycles. The normalized spacial score (nSPS) is 20.6. The molecule has 0 atom stereocenters. The number of nitrogens with zero attached hydrogens (tertiary/aromatic N) is 2. The Morgan fingerprint density at radius 3 is 2.45 bits per heavy atom. The van der Waals surface area contributed by atoms with Crippen molar-refractivity contribution in [2.45, 2.75) is 26.3 Å². The van der Waals surface area contributed by atoms with E-state index in [4.69, 9.17) is 0 Å². The van der Waals surface area contributed by atoms with Crippen molar-refractivity contribution in [3.8, 4) is 0 Å². The molecule has 1 radical (unpaired) electrons. The van der Waals surface area contributed by atoms with E-state index in [2.05, 4.69) is 26.1 Å². The molecule has 1 aliphatic rings. The first kappa shape index (κ1) is 8.53. The molecule has 0 aromatic rings. The number of rotatable bonds is 0. The van der Waals surface area contributed by atoms with Crippen molar-refractivity contribution in [1.29, 1.82) is 0 Å². The summed E-state index contributed by atoms with van der Waals surface area (Å²) in [4.78, 5) is 13.2. The minimum Gasteiger partial charge on any atom is -0.335 e. The van der Waals surface area contributed by atoms with Crippen molar-refractivity contribution in [3.05, 3.63) is 0 Å². The summed E-state index contributed by atoms with van der Waals surface area (Å²) in [5.74, 6) is 0.156. The Morgan fingerprint density at radius 2 is 2.09 bits per heavy atom. The Labute approximate surface area is 67.8 Å². The molecule has 0 spiro atoms. The predicted molar refractivity (Wildman–Crippen MR) is 43.3 cm³/mol. The third-order valence-electron chi connectivity index (χ3n) is 1.84. The summed E-state index contributed by atoms with van der Waals surface area (Å²) in [6.07, 6.45) is 0. The lowest BCUT2D eigenvalue weighted by atomic mass is 10.1. The van der Waals surface area contributed by atoms with Gasteiger partial charge in [0.15, 0.2) is 0 Å². The van der Waals surface area contributed by atoms with E-state index < -0.39 is 0 Å². The summed E-state index contributed by atoms with van der Waals surface area (Å²) in [7, 11) is 0. The number of hydrogen-bond acceptors (Lipinski definition) is 1. The van der Waals surface area contributed by atoms with Crippen molar-refractivity contribution in [3.63, 3.8) is 0 Å². The van der Waals surface area contributed by atoms with Crippen molar-refractivity contribution in [1.82, 2.24) is 10.2 Å². The maximum Gasteiger partial charge on any atom is 0.238 e. The van der Waals surface area contributed by atoms with E-state index in [1.807, 2.05) is 4.90 Å². The first-order valence-corrected chi connectivity index (χ1v) is 3.95. The molecular formula is C8H15N2O. The van der Waals surface area contributed by atoms with Crippen LogP contribution in [0, 0.1) is 0 Å². The third-order valence-corrected chi connectivity index (χ3v) is 1.84. The number of amides is 1. The standard InChI is InChI=1S/C8H15N2O/c1-8(2,3)10-5-4-9-6-7(10)11/h4-6H2,1-3H3. The maximum absolute atomic E-state index is 11.3. The van der Waals surface area contributed by atoms with Gasteiger partial charge in [0.1, 0.15) is 0 Å². The minimum absolute atomic E-state index is 0.0347. The highest BCUT2D eigenvalue weighted by Gasteiger charge is 2.28. The minimum atomic E-state index is -0.0347.